The van der Waals surface area contributed by atoms with E-state index in [-0.39, 0.29) is 30.0 Å². The summed E-state index contributed by atoms with van der Waals surface area (Å²) in [5.74, 6) is -0.680. The SMILES string of the molecule is O=C(OCc1ccccc1)N1CCC(c2nc(-c3ccnc(C(F)(F)F)n3)c(-c3ccc4nccnc4c3)[nH]2)CC1. The maximum absolute atomic E-state index is 13.4. The number of aromatic amines is 1. The number of piperidine rings is 1. The molecule has 0 saturated carbocycles. The molecule has 208 valence electrons. The number of amides is 1. The summed E-state index contributed by atoms with van der Waals surface area (Å²) in [7, 11) is 0. The summed E-state index contributed by atoms with van der Waals surface area (Å²) < 4.78 is 45.7. The second kappa shape index (κ2) is 11.0. The summed E-state index contributed by atoms with van der Waals surface area (Å²) in [6.45, 7) is 1.11. The molecule has 3 aromatic heterocycles. The molecule has 0 spiro atoms. The van der Waals surface area contributed by atoms with Crippen molar-refractivity contribution in [1.82, 2.24) is 34.8 Å². The highest BCUT2D eigenvalue weighted by atomic mass is 19.4. The van der Waals surface area contributed by atoms with Gasteiger partial charge in [-0.1, -0.05) is 36.4 Å². The lowest BCUT2D eigenvalue weighted by Gasteiger charge is -2.30. The van der Waals surface area contributed by atoms with Gasteiger partial charge in [0.1, 0.15) is 18.1 Å². The van der Waals surface area contributed by atoms with Gasteiger partial charge < -0.3 is 14.6 Å². The number of halogens is 3. The average Bonchev–Trinajstić information content (AvgIpc) is 3.46. The molecule has 1 fully saturated rings. The third-order valence-corrected chi connectivity index (χ3v) is 6.98. The standard InChI is InChI=1S/C29H24F3N7O2/c30-29(31,32)27-35-11-8-22(36-27)25-24(20-6-7-21-23(16-20)34-13-12-33-21)37-26(38-25)19-9-14-39(15-10-19)28(40)41-17-18-4-2-1-3-5-18/h1-8,11-13,16,19H,9-10,14-15,17H2,(H,37,38). The highest BCUT2D eigenvalue weighted by molar-refractivity contribution is 5.84. The topological polar surface area (TPSA) is 110 Å². The Kier molecular flexibility index (Phi) is 7.04. The summed E-state index contributed by atoms with van der Waals surface area (Å²) in [5.41, 5.74) is 3.75. The molecule has 1 aliphatic heterocycles. The average molecular weight is 560 g/mol. The Morgan fingerprint density at radius 2 is 1.68 bits per heavy atom. The van der Waals surface area contributed by atoms with Crippen molar-refractivity contribution in [3.05, 3.63) is 90.4 Å². The largest absolute Gasteiger partial charge is 0.451 e. The van der Waals surface area contributed by atoms with Gasteiger partial charge in [-0.05, 0) is 36.6 Å². The fraction of sp³-hybridized carbons (Fsp3) is 0.241. The number of nitrogens with zero attached hydrogens (tertiary/aromatic N) is 6. The molecule has 0 atom stereocenters. The number of aromatic nitrogens is 6. The minimum absolute atomic E-state index is 0.0472. The molecule has 4 heterocycles. The first-order valence-corrected chi connectivity index (χ1v) is 13.0. The Morgan fingerprint density at radius 1 is 0.927 bits per heavy atom. The van der Waals surface area contributed by atoms with E-state index in [0.717, 1.165) is 11.8 Å². The van der Waals surface area contributed by atoms with Gasteiger partial charge in [0.2, 0.25) is 5.82 Å². The number of benzene rings is 2. The molecule has 6 rings (SSSR count). The predicted octanol–water partition coefficient (Wildman–Crippen LogP) is 6.01. The van der Waals surface area contributed by atoms with Crippen molar-refractivity contribution in [3.63, 3.8) is 0 Å². The molecule has 1 N–H and O–H groups in total. The number of H-pyrrole nitrogens is 1. The van der Waals surface area contributed by atoms with E-state index < -0.39 is 12.0 Å². The van der Waals surface area contributed by atoms with Crippen LogP contribution in [0.1, 0.15) is 36.0 Å². The van der Waals surface area contributed by atoms with E-state index in [9.17, 15) is 18.0 Å². The van der Waals surface area contributed by atoms with Gasteiger partial charge >= 0.3 is 12.3 Å². The smallest absolute Gasteiger partial charge is 0.445 e. The van der Waals surface area contributed by atoms with Gasteiger partial charge in [-0.15, -0.1) is 0 Å². The fourth-order valence-corrected chi connectivity index (χ4v) is 4.87. The number of ether oxygens (including phenoxy) is 1. The number of likely N-dealkylation sites (tertiary alicyclic amines) is 1. The molecule has 2 aromatic carbocycles. The van der Waals surface area contributed by atoms with Crippen LogP contribution in [-0.2, 0) is 17.5 Å². The molecule has 5 aromatic rings. The molecule has 41 heavy (non-hydrogen) atoms. The van der Waals surface area contributed by atoms with Crippen molar-refractivity contribution in [2.75, 3.05) is 13.1 Å². The number of hydrogen-bond donors (Lipinski definition) is 1. The van der Waals surface area contributed by atoms with Crippen molar-refractivity contribution in [2.24, 2.45) is 0 Å². The Morgan fingerprint density at radius 3 is 2.44 bits per heavy atom. The first kappa shape index (κ1) is 26.4. The molecular formula is C29H24F3N7O2. The summed E-state index contributed by atoms with van der Waals surface area (Å²) in [6.07, 6.45) is 0.368. The lowest BCUT2D eigenvalue weighted by Crippen LogP contribution is -2.38. The fourth-order valence-electron chi connectivity index (χ4n) is 4.87. The Bertz CT molecular complexity index is 1680. The van der Waals surface area contributed by atoms with Gasteiger partial charge in [0, 0.05) is 43.2 Å². The second-order valence-electron chi connectivity index (χ2n) is 9.67. The number of rotatable bonds is 5. The van der Waals surface area contributed by atoms with Crippen LogP contribution in [0.25, 0.3) is 33.7 Å². The summed E-state index contributed by atoms with van der Waals surface area (Å²) in [6, 6.07) is 16.3. The van der Waals surface area contributed by atoms with E-state index in [4.69, 9.17) is 9.72 Å². The second-order valence-corrected chi connectivity index (χ2v) is 9.67. The van der Waals surface area contributed by atoms with Crippen LogP contribution in [0.2, 0.25) is 0 Å². The molecule has 0 aliphatic carbocycles. The first-order chi connectivity index (χ1) is 19.8. The molecule has 1 aliphatic rings. The summed E-state index contributed by atoms with van der Waals surface area (Å²) in [4.78, 5) is 38.2. The van der Waals surface area contributed by atoms with Gasteiger partial charge in [0.25, 0.3) is 0 Å². The molecule has 1 amide bonds. The van der Waals surface area contributed by atoms with Crippen LogP contribution in [0.5, 0.6) is 0 Å². The van der Waals surface area contributed by atoms with E-state index in [0.29, 0.717) is 54.0 Å². The lowest BCUT2D eigenvalue weighted by molar-refractivity contribution is -0.144. The number of nitrogens with one attached hydrogen (secondary N) is 1. The van der Waals surface area contributed by atoms with Gasteiger partial charge in [-0.2, -0.15) is 13.2 Å². The van der Waals surface area contributed by atoms with Crippen LogP contribution < -0.4 is 0 Å². The van der Waals surface area contributed by atoms with Crippen LogP contribution in [0.15, 0.2) is 73.2 Å². The highest BCUT2D eigenvalue weighted by Crippen LogP contribution is 2.36. The molecular weight excluding hydrogens is 535 g/mol. The van der Waals surface area contributed by atoms with Gasteiger partial charge in [0.05, 0.1) is 22.4 Å². The third-order valence-electron chi connectivity index (χ3n) is 6.98. The van der Waals surface area contributed by atoms with Crippen LogP contribution in [0.4, 0.5) is 18.0 Å². The van der Waals surface area contributed by atoms with Crippen LogP contribution in [0, 0.1) is 0 Å². The maximum atomic E-state index is 13.4. The highest BCUT2D eigenvalue weighted by Gasteiger charge is 2.35. The third kappa shape index (κ3) is 5.72. The number of alkyl halides is 3. The number of carbonyl (C=O) groups excluding carboxylic acids is 1. The summed E-state index contributed by atoms with van der Waals surface area (Å²) >= 11 is 0. The zero-order valence-corrected chi connectivity index (χ0v) is 21.7. The number of hydrogen-bond acceptors (Lipinski definition) is 7. The van der Waals surface area contributed by atoms with Crippen LogP contribution in [-0.4, -0.2) is 54.0 Å². The Balaban J connectivity index is 1.26. The van der Waals surface area contributed by atoms with E-state index >= 15 is 0 Å². The van der Waals surface area contributed by atoms with Gasteiger partial charge in [0.15, 0.2) is 0 Å². The number of fused-ring (bicyclic) bond motifs is 1. The van der Waals surface area contributed by atoms with Crippen molar-refractivity contribution in [3.8, 4) is 22.6 Å². The predicted molar refractivity (Wildman–Crippen MR) is 143 cm³/mol. The molecule has 12 heteroatoms. The van der Waals surface area contributed by atoms with E-state index in [1.54, 1.807) is 29.4 Å². The Labute approximate surface area is 232 Å². The van der Waals surface area contributed by atoms with Crippen molar-refractivity contribution >= 4 is 17.1 Å². The van der Waals surface area contributed by atoms with Gasteiger partial charge in [-0.25, -0.2) is 19.7 Å². The van der Waals surface area contributed by atoms with Crippen molar-refractivity contribution in [1.29, 1.82) is 0 Å². The molecule has 0 radical (unpaired) electrons. The normalized spacial score (nSPS) is 14.4. The zero-order valence-electron chi connectivity index (χ0n) is 21.7. The van der Waals surface area contributed by atoms with E-state index in [1.807, 2.05) is 36.4 Å². The molecule has 0 unspecified atom stereocenters. The quantitative estimate of drug-likeness (QED) is 0.281. The molecule has 1 saturated heterocycles. The van der Waals surface area contributed by atoms with Crippen molar-refractivity contribution in [2.45, 2.75) is 31.5 Å². The monoisotopic (exact) mass is 559 g/mol. The van der Waals surface area contributed by atoms with Crippen molar-refractivity contribution < 1.29 is 22.7 Å². The molecule has 0 bridgehead atoms. The van der Waals surface area contributed by atoms with Gasteiger partial charge in [-0.3, -0.25) is 9.97 Å². The minimum Gasteiger partial charge on any atom is -0.445 e. The van der Waals surface area contributed by atoms with E-state index in [1.165, 1.54) is 6.07 Å². The lowest BCUT2D eigenvalue weighted by atomic mass is 9.96. The van der Waals surface area contributed by atoms with Crippen LogP contribution in [0.3, 0.4) is 0 Å². The summed E-state index contributed by atoms with van der Waals surface area (Å²) in [5, 5.41) is 0. The first-order valence-electron chi connectivity index (χ1n) is 13.0. The Hall–Kier alpha value is -4.87. The zero-order chi connectivity index (χ0) is 28.4. The van der Waals surface area contributed by atoms with E-state index in [2.05, 4.69) is 24.9 Å². The van der Waals surface area contributed by atoms with Crippen LogP contribution >= 0.6 is 0 Å². The minimum atomic E-state index is -4.70. The maximum Gasteiger partial charge on any atom is 0.451 e. The molecule has 9 nitrogen and oxygen atoms in total. The number of imidazole rings is 1. The number of carbonyl (C=O) groups is 1.